The van der Waals surface area contributed by atoms with Crippen LogP contribution in [0, 0.1) is 5.92 Å². The zero-order valence-electron chi connectivity index (χ0n) is 11.0. The molecular weight excluding hydrogens is 202 g/mol. The third-order valence-electron chi connectivity index (χ3n) is 2.91. The van der Waals surface area contributed by atoms with Crippen molar-refractivity contribution in [2.45, 2.75) is 33.6 Å². The number of nitrogens with zero attached hydrogens (tertiary/aromatic N) is 1. The number of nitrogens with one attached hydrogen (secondary N) is 1. The highest BCUT2D eigenvalue weighted by Gasteiger charge is 2.05. The average molecular weight is 229 g/mol. The summed E-state index contributed by atoms with van der Waals surface area (Å²) in [5, 5.41) is 2.94. The molecule has 0 aliphatic rings. The van der Waals surface area contributed by atoms with Crippen molar-refractivity contribution in [3.8, 4) is 0 Å². The van der Waals surface area contributed by atoms with Gasteiger partial charge in [0.1, 0.15) is 0 Å². The van der Waals surface area contributed by atoms with Gasteiger partial charge in [0, 0.05) is 19.5 Å². The predicted molar refractivity (Wildman–Crippen MR) is 68.3 cm³/mol. The fraction of sp³-hybridized carbons (Fsp3) is 0.917. The van der Waals surface area contributed by atoms with Gasteiger partial charge in [-0.05, 0) is 32.0 Å². The quantitative estimate of drug-likeness (QED) is 0.615. The van der Waals surface area contributed by atoms with Gasteiger partial charge in [0.25, 0.3) is 0 Å². The maximum atomic E-state index is 11.5. The van der Waals surface area contributed by atoms with Crippen LogP contribution in [0.2, 0.25) is 0 Å². The van der Waals surface area contributed by atoms with Crippen molar-refractivity contribution in [3.05, 3.63) is 0 Å². The summed E-state index contributed by atoms with van der Waals surface area (Å²) in [7, 11) is 0. The maximum absolute atomic E-state index is 11.5. The van der Waals surface area contributed by atoms with Crippen LogP contribution in [0.25, 0.3) is 0 Å². The number of hydrogen-bond donors (Lipinski definition) is 2. The number of carbonyl (C=O) groups is 1. The van der Waals surface area contributed by atoms with E-state index in [9.17, 15) is 4.79 Å². The number of nitrogens with two attached hydrogens (primary N) is 1. The Morgan fingerprint density at radius 2 is 2.00 bits per heavy atom. The summed E-state index contributed by atoms with van der Waals surface area (Å²) in [6.07, 6.45) is 1.48. The van der Waals surface area contributed by atoms with Gasteiger partial charge >= 0.3 is 0 Å². The Morgan fingerprint density at radius 3 is 2.50 bits per heavy atom. The van der Waals surface area contributed by atoms with E-state index in [0.29, 0.717) is 18.9 Å². The molecule has 0 fully saturated rings. The Kier molecular flexibility index (Phi) is 9.24. The number of likely N-dealkylation sites (N-methyl/N-ethyl adjacent to an activating group) is 1. The van der Waals surface area contributed by atoms with Crippen LogP contribution in [0.5, 0.6) is 0 Å². The van der Waals surface area contributed by atoms with Gasteiger partial charge in [0.2, 0.25) is 5.91 Å². The molecule has 0 bridgehead atoms. The van der Waals surface area contributed by atoms with Crippen LogP contribution in [-0.2, 0) is 4.79 Å². The molecule has 0 aliphatic heterocycles. The standard InChI is InChI=1S/C12H27N3O/c1-4-15(5-2)9-8-14-12(16)7-6-11(3)10-13/h11H,4-10,13H2,1-3H3,(H,14,16). The number of rotatable bonds is 9. The van der Waals surface area contributed by atoms with Crippen molar-refractivity contribution in [1.29, 1.82) is 0 Å². The molecule has 1 amide bonds. The number of amides is 1. The van der Waals surface area contributed by atoms with E-state index >= 15 is 0 Å². The topological polar surface area (TPSA) is 58.4 Å². The van der Waals surface area contributed by atoms with Crippen molar-refractivity contribution < 1.29 is 4.79 Å². The second-order valence-corrected chi connectivity index (χ2v) is 4.26. The van der Waals surface area contributed by atoms with Crippen LogP contribution in [0.15, 0.2) is 0 Å². The molecule has 1 unspecified atom stereocenters. The van der Waals surface area contributed by atoms with Crippen LogP contribution in [0.3, 0.4) is 0 Å². The molecule has 4 nitrogen and oxygen atoms in total. The number of carbonyl (C=O) groups excluding carboxylic acids is 1. The van der Waals surface area contributed by atoms with E-state index in [0.717, 1.165) is 32.6 Å². The van der Waals surface area contributed by atoms with Crippen molar-refractivity contribution >= 4 is 5.91 Å². The Bertz CT molecular complexity index is 181. The molecule has 0 saturated heterocycles. The Labute approximate surface area is 99.6 Å². The fourth-order valence-electron chi connectivity index (χ4n) is 1.48. The number of hydrogen-bond acceptors (Lipinski definition) is 3. The van der Waals surface area contributed by atoms with Crippen LogP contribution in [0.4, 0.5) is 0 Å². The van der Waals surface area contributed by atoms with Gasteiger partial charge in [-0.3, -0.25) is 4.79 Å². The van der Waals surface area contributed by atoms with E-state index < -0.39 is 0 Å². The van der Waals surface area contributed by atoms with Crippen LogP contribution < -0.4 is 11.1 Å². The molecule has 0 spiro atoms. The van der Waals surface area contributed by atoms with Crippen molar-refractivity contribution in [2.75, 3.05) is 32.7 Å². The Balaban J connectivity index is 3.50. The lowest BCUT2D eigenvalue weighted by atomic mass is 10.1. The summed E-state index contributed by atoms with van der Waals surface area (Å²) in [4.78, 5) is 13.7. The van der Waals surface area contributed by atoms with Crippen molar-refractivity contribution in [2.24, 2.45) is 11.7 Å². The van der Waals surface area contributed by atoms with Crippen LogP contribution in [0.1, 0.15) is 33.6 Å². The molecule has 0 aliphatic carbocycles. The zero-order chi connectivity index (χ0) is 12.4. The summed E-state index contributed by atoms with van der Waals surface area (Å²) in [5.74, 6) is 0.584. The highest BCUT2D eigenvalue weighted by atomic mass is 16.1. The third-order valence-corrected chi connectivity index (χ3v) is 2.91. The van der Waals surface area contributed by atoms with E-state index in [-0.39, 0.29) is 5.91 Å². The van der Waals surface area contributed by atoms with E-state index in [4.69, 9.17) is 5.73 Å². The highest BCUT2D eigenvalue weighted by molar-refractivity contribution is 5.75. The summed E-state index contributed by atoms with van der Waals surface area (Å²) in [6, 6.07) is 0. The fourth-order valence-corrected chi connectivity index (χ4v) is 1.48. The molecule has 0 heterocycles. The van der Waals surface area contributed by atoms with E-state index in [1.165, 1.54) is 0 Å². The summed E-state index contributed by atoms with van der Waals surface area (Å²) < 4.78 is 0. The first-order valence-corrected chi connectivity index (χ1v) is 6.33. The molecule has 0 radical (unpaired) electrons. The maximum Gasteiger partial charge on any atom is 0.220 e. The zero-order valence-corrected chi connectivity index (χ0v) is 11.0. The van der Waals surface area contributed by atoms with Gasteiger partial charge in [0.05, 0.1) is 0 Å². The molecule has 0 aromatic rings. The second-order valence-electron chi connectivity index (χ2n) is 4.26. The molecule has 0 saturated carbocycles. The molecule has 1 atom stereocenters. The first-order valence-electron chi connectivity index (χ1n) is 6.33. The molecule has 0 rings (SSSR count). The predicted octanol–water partition coefficient (Wildman–Crippen LogP) is 0.819. The van der Waals surface area contributed by atoms with Crippen molar-refractivity contribution in [3.63, 3.8) is 0 Å². The first kappa shape index (κ1) is 15.4. The SMILES string of the molecule is CCN(CC)CCNC(=O)CCC(C)CN. The lowest BCUT2D eigenvalue weighted by Gasteiger charge is -2.18. The van der Waals surface area contributed by atoms with Gasteiger partial charge in [-0.1, -0.05) is 20.8 Å². The van der Waals surface area contributed by atoms with Gasteiger partial charge in [-0.25, -0.2) is 0 Å². The van der Waals surface area contributed by atoms with Gasteiger partial charge in [-0.2, -0.15) is 0 Å². The Hall–Kier alpha value is -0.610. The summed E-state index contributed by atoms with van der Waals surface area (Å²) in [5.41, 5.74) is 5.50. The van der Waals surface area contributed by atoms with Gasteiger partial charge in [-0.15, -0.1) is 0 Å². The van der Waals surface area contributed by atoms with Crippen LogP contribution in [-0.4, -0.2) is 43.5 Å². The lowest BCUT2D eigenvalue weighted by molar-refractivity contribution is -0.121. The minimum Gasteiger partial charge on any atom is -0.355 e. The highest BCUT2D eigenvalue weighted by Crippen LogP contribution is 2.02. The smallest absolute Gasteiger partial charge is 0.220 e. The van der Waals surface area contributed by atoms with Gasteiger partial charge < -0.3 is 16.0 Å². The molecule has 96 valence electrons. The summed E-state index contributed by atoms with van der Waals surface area (Å²) in [6.45, 7) is 10.8. The minimum atomic E-state index is 0.146. The molecule has 4 heteroatoms. The largest absolute Gasteiger partial charge is 0.355 e. The minimum absolute atomic E-state index is 0.146. The second kappa shape index (κ2) is 9.60. The molecule has 0 aromatic carbocycles. The molecule has 0 aromatic heterocycles. The average Bonchev–Trinajstić information content (AvgIpc) is 2.31. The normalized spacial score (nSPS) is 12.8. The van der Waals surface area contributed by atoms with E-state index in [1.54, 1.807) is 0 Å². The molecule has 3 N–H and O–H groups in total. The van der Waals surface area contributed by atoms with E-state index in [1.807, 2.05) is 0 Å². The Morgan fingerprint density at radius 1 is 1.38 bits per heavy atom. The van der Waals surface area contributed by atoms with E-state index in [2.05, 4.69) is 31.0 Å². The first-order chi connectivity index (χ1) is 7.63. The monoisotopic (exact) mass is 229 g/mol. The molecular formula is C12H27N3O. The lowest BCUT2D eigenvalue weighted by Crippen LogP contribution is -2.34. The van der Waals surface area contributed by atoms with Crippen LogP contribution >= 0.6 is 0 Å². The molecule has 16 heavy (non-hydrogen) atoms. The third kappa shape index (κ3) is 7.65. The van der Waals surface area contributed by atoms with Gasteiger partial charge in [0.15, 0.2) is 0 Å². The summed E-state index contributed by atoms with van der Waals surface area (Å²) >= 11 is 0. The van der Waals surface area contributed by atoms with Crippen molar-refractivity contribution in [1.82, 2.24) is 10.2 Å².